The van der Waals surface area contributed by atoms with Crippen molar-refractivity contribution in [2.45, 2.75) is 6.92 Å². The fraction of sp³-hybridized carbons (Fsp3) is 0.143. The van der Waals surface area contributed by atoms with Gasteiger partial charge in [0, 0.05) is 16.7 Å². The van der Waals surface area contributed by atoms with Crippen LogP contribution in [0.1, 0.15) is 16.1 Å². The van der Waals surface area contributed by atoms with Crippen LogP contribution in [-0.4, -0.2) is 18.1 Å². The third-order valence-electron chi connectivity index (χ3n) is 2.49. The molecule has 0 spiro atoms. The number of ether oxygens (including phenoxy) is 2. The zero-order valence-electron chi connectivity index (χ0n) is 10.5. The Bertz CT molecular complexity index is 613. The van der Waals surface area contributed by atoms with Crippen LogP contribution in [0.15, 0.2) is 41.0 Å². The number of esters is 1. The minimum atomic E-state index is -0.488. The fourth-order valence-electron chi connectivity index (χ4n) is 1.55. The number of methoxy groups -OCH3 is 1. The Labute approximate surface area is 119 Å². The number of halogens is 1. The SMILES string of the molecule is COC(=O)c1cc(Oc2ccc(Br)cc2C)ccn1. The summed E-state index contributed by atoms with van der Waals surface area (Å²) in [4.78, 5) is 15.3. The molecule has 0 aliphatic rings. The molecule has 19 heavy (non-hydrogen) atoms. The van der Waals surface area contributed by atoms with Crippen LogP contribution in [0.25, 0.3) is 0 Å². The van der Waals surface area contributed by atoms with E-state index >= 15 is 0 Å². The molecule has 5 heteroatoms. The van der Waals surface area contributed by atoms with Crippen molar-refractivity contribution in [1.82, 2.24) is 4.98 Å². The average Bonchev–Trinajstić information content (AvgIpc) is 2.41. The van der Waals surface area contributed by atoms with Gasteiger partial charge in [0.15, 0.2) is 5.69 Å². The van der Waals surface area contributed by atoms with E-state index in [1.165, 1.54) is 13.3 Å². The average molecular weight is 322 g/mol. The van der Waals surface area contributed by atoms with E-state index in [-0.39, 0.29) is 5.69 Å². The van der Waals surface area contributed by atoms with Crippen LogP contribution in [0.5, 0.6) is 11.5 Å². The summed E-state index contributed by atoms with van der Waals surface area (Å²) < 4.78 is 11.3. The maximum absolute atomic E-state index is 11.4. The molecule has 98 valence electrons. The maximum Gasteiger partial charge on any atom is 0.356 e. The predicted octanol–water partition coefficient (Wildman–Crippen LogP) is 3.73. The lowest BCUT2D eigenvalue weighted by atomic mass is 10.2. The number of hydrogen-bond donors (Lipinski definition) is 0. The van der Waals surface area contributed by atoms with E-state index in [0.29, 0.717) is 5.75 Å². The molecule has 0 fully saturated rings. The molecule has 0 bridgehead atoms. The zero-order chi connectivity index (χ0) is 13.8. The number of nitrogens with zero attached hydrogens (tertiary/aromatic N) is 1. The first-order chi connectivity index (χ1) is 9.10. The van der Waals surface area contributed by atoms with Gasteiger partial charge in [0.1, 0.15) is 11.5 Å². The number of rotatable bonds is 3. The smallest absolute Gasteiger partial charge is 0.356 e. The minimum absolute atomic E-state index is 0.217. The Balaban J connectivity index is 2.26. The highest BCUT2D eigenvalue weighted by molar-refractivity contribution is 9.10. The molecule has 0 aliphatic carbocycles. The molecular weight excluding hydrogens is 310 g/mol. The number of pyridine rings is 1. The summed E-state index contributed by atoms with van der Waals surface area (Å²) in [5.41, 5.74) is 1.21. The summed E-state index contributed by atoms with van der Waals surface area (Å²) >= 11 is 3.39. The number of carbonyl (C=O) groups is 1. The second-order valence-electron chi connectivity index (χ2n) is 3.88. The predicted molar refractivity (Wildman–Crippen MR) is 74.5 cm³/mol. The molecule has 0 radical (unpaired) electrons. The number of hydrogen-bond acceptors (Lipinski definition) is 4. The van der Waals surface area contributed by atoms with Gasteiger partial charge < -0.3 is 9.47 Å². The largest absolute Gasteiger partial charge is 0.464 e. The topological polar surface area (TPSA) is 48.4 Å². The Hall–Kier alpha value is -1.88. The summed E-state index contributed by atoms with van der Waals surface area (Å²) in [5, 5.41) is 0. The monoisotopic (exact) mass is 321 g/mol. The van der Waals surface area contributed by atoms with Gasteiger partial charge in [-0.2, -0.15) is 0 Å². The molecule has 2 aromatic rings. The summed E-state index contributed by atoms with van der Waals surface area (Å²) in [6.45, 7) is 1.95. The Morgan fingerprint density at radius 3 is 2.74 bits per heavy atom. The molecule has 0 amide bonds. The maximum atomic E-state index is 11.4. The van der Waals surface area contributed by atoms with E-state index < -0.39 is 5.97 Å². The van der Waals surface area contributed by atoms with E-state index in [1.807, 2.05) is 25.1 Å². The van der Waals surface area contributed by atoms with Gasteiger partial charge in [0.05, 0.1) is 7.11 Å². The highest BCUT2D eigenvalue weighted by atomic mass is 79.9. The molecule has 0 saturated heterocycles. The highest BCUT2D eigenvalue weighted by Crippen LogP contribution is 2.27. The summed E-state index contributed by atoms with van der Waals surface area (Å²) in [6.07, 6.45) is 1.51. The molecular formula is C14H12BrNO3. The summed E-state index contributed by atoms with van der Waals surface area (Å²) in [6, 6.07) is 8.95. The molecule has 2 rings (SSSR count). The van der Waals surface area contributed by atoms with Crippen molar-refractivity contribution in [2.75, 3.05) is 7.11 Å². The van der Waals surface area contributed by atoms with Crippen LogP contribution in [-0.2, 0) is 4.74 Å². The minimum Gasteiger partial charge on any atom is -0.464 e. The third kappa shape index (κ3) is 3.32. The third-order valence-corrected chi connectivity index (χ3v) is 2.98. The standard InChI is InChI=1S/C14H12BrNO3/c1-9-7-10(15)3-4-13(9)19-11-5-6-16-12(8-11)14(17)18-2/h3-8H,1-2H3. The second-order valence-corrected chi connectivity index (χ2v) is 4.80. The fourth-order valence-corrected chi connectivity index (χ4v) is 2.02. The highest BCUT2D eigenvalue weighted by Gasteiger charge is 2.09. The van der Waals surface area contributed by atoms with E-state index in [9.17, 15) is 4.79 Å². The molecule has 0 aliphatic heterocycles. The summed E-state index contributed by atoms with van der Waals surface area (Å²) in [7, 11) is 1.32. The van der Waals surface area contributed by atoms with E-state index in [0.717, 1.165) is 15.8 Å². The van der Waals surface area contributed by atoms with Crippen molar-refractivity contribution in [2.24, 2.45) is 0 Å². The Kier molecular flexibility index (Phi) is 4.16. The lowest BCUT2D eigenvalue weighted by Crippen LogP contribution is -2.03. The first kappa shape index (κ1) is 13.5. The van der Waals surface area contributed by atoms with Gasteiger partial charge >= 0.3 is 5.97 Å². The number of aromatic nitrogens is 1. The molecule has 1 aromatic heterocycles. The molecule has 1 heterocycles. The van der Waals surface area contributed by atoms with Gasteiger partial charge in [-0.1, -0.05) is 15.9 Å². The molecule has 0 saturated carbocycles. The Morgan fingerprint density at radius 2 is 2.05 bits per heavy atom. The van der Waals surface area contributed by atoms with Crippen molar-refractivity contribution in [3.63, 3.8) is 0 Å². The summed E-state index contributed by atoms with van der Waals surface area (Å²) in [5.74, 6) is 0.781. The van der Waals surface area contributed by atoms with Crippen molar-refractivity contribution in [1.29, 1.82) is 0 Å². The van der Waals surface area contributed by atoms with Gasteiger partial charge in [0.2, 0.25) is 0 Å². The lowest BCUT2D eigenvalue weighted by molar-refractivity contribution is 0.0593. The first-order valence-corrected chi connectivity index (χ1v) is 6.38. The van der Waals surface area contributed by atoms with Crippen LogP contribution in [0.4, 0.5) is 0 Å². The number of carbonyl (C=O) groups excluding carboxylic acids is 1. The van der Waals surface area contributed by atoms with Crippen LogP contribution in [0.3, 0.4) is 0 Å². The quantitative estimate of drug-likeness (QED) is 0.808. The van der Waals surface area contributed by atoms with Crippen molar-refractivity contribution in [3.05, 3.63) is 52.3 Å². The zero-order valence-corrected chi connectivity index (χ0v) is 12.1. The normalized spacial score (nSPS) is 10.1. The first-order valence-electron chi connectivity index (χ1n) is 5.58. The van der Waals surface area contributed by atoms with Gasteiger partial charge in [0.25, 0.3) is 0 Å². The van der Waals surface area contributed by atoms with Gasteiger partial charge in [-0.25, -0.2) is 9.78 Å². The van der Waals surface area contributed by atoms with Crippen molar-refractivity contribution in [3.8, 4) is 11.5 Å². The Morgan fingerprint density at radius 1 is 1.26 bits per heavy atom. The number of aryl methyl sites for hydroxylation is 1. The van der Waals surface area contributed by atoms with E-state index in [4.69, 9.17) is 4.74 Å². The van der Waals surface area contributed by atoms with Gasteiger partial charge in [-0.3, -0.25) is 0 Å². The second kappa shape index (κ2) is 5.84. The molecule has 0 atom stereocenters. The molecule has 4 nitrogen and oxygen atoms in total. The molecule has 0 unspecified atom stereocenters. The van der Waals surface area contributed by atoms with Gasteiger partial charge in [-0.05, 0) is 36.8 Å². The van der Waals surface area contributed by atoms with Gasteiger partial charge in [-0.15, -0.1) is 0 Å². The van der Waals surface area contributed by atoms with Crippen molar-refractivity contribution >= 4 is 21.9 Å². The van der Waals surface area contributed by atoms with E-state index in [2.05, 4.69) is 25.7 Å². The van der Waals surface area contributed by atoms with Crippen LogP contribution in [0.2, 0.25) is 0 Å². The van der Waals surface area contributed by atoms with E-state index in [1.54, 1.807) is 12.1 Å². The van der Waals surface area contributed by atoms with Crippen LogP contribution >= 0.6 is 15.9 Å². The molecule has 1 aromatic carbocycles. The van der Waals surface area contributed by atoms with Crippen LogP contribution in [0, 0.1) is 6.92 Å². The number of benzene rings is 1. The van der Waals surface area contributed by atoms with Crippen molar-refractivity contribution < 1.29 is 14.3 Å². The van der Waals surface area contributed by atoms with Crippen LogP contribution < -0.4 is 4.74 Å². The lowest BCUT2D eigenvalue weighted by Gasteiger charge is -2.09. The molecule has 0 N–H and O–H groups in total.